The molecule has 0 saturated heterocycles. The van der Waals surface area contributed by atoms with Crippen LogP contribution in [0.4, 0.5) is 17.2 Å². The highest BCUT2D eigenvalue weighted by atomic mass is 16.5. The highest BCUT2D eigenvalue weighted by Gasteiger charge is 2.14. The molecular weight excluding hydrogens is 290 g/mol. The predicted molar refractivity (Wildman–Crippen MR) is 93.7 cm³/mol. The molecule has 3 aromatic rings. The van der Waals surface area contributed by atoms with Crippen molar-refractivity contribution in [1.29, 1.82) is 0 Å². The fourth-order valence-electron chi connectivity index (χ4n) is 2.57. The maximum absolute atomic E-state index is 6.33. The van der Waals surface area contributed by atoms with E-state index < -0.39 is 0 Å². The summed E-state index contributed by atoms with van der Waals surface area (Å²) in [5, 5.41) is 5.09. The lowest BCUT2D eigenvalue weighted by Gasteiger charge is -2.15. The van der Waals surface area contributed by atoms with Crippen molar-refractivity contribution < 1.29 is 9.47 Å². The van der Waals surface area contributed by atoms with Crippen LogP contribution in [0, 0.1) is 6.92 Å². The second-order valence-electron chi connectivity index (χ2n) is 5.20. The minimum absolute atomic E-state index is 0.579. The van der Waals surface area contributed by atoms with Crippen molar-refractivity contribution >= 4 is 28.0 Å². The van der Waals surface area contributed by atoms with E-state index in [9.17, 15) is 0 Å². The molecule has 5 heteroatoms. The second-order valence-corrected chi connectivity index (χ2v) is 5.20. The second kappa shape index (κ2) is 6.04. The molecule has 3 rings (SSSR count). The summed E-state index contributed by atoms with van der Waals surface area (Å²) >= 11 is 0. The molecule has 5 nitrogen and oxygen atoms in total. The van der Waals surface area contributed by atoms with Crippen LogP contribution in [0.1, 0.15) is 5.69 Å². The Morgan fingerprint density at radius 1 is 0.957 bits per heavy atom. The van der Waals surface area contributed by atoms with Crippen LogP contribution in [0.2, 0.25) is 0 Å². The summed E-state index contributed by atoms with van der Waals surface area (Å²) in [6, 6.07) is 13.6. The Morgan fingerprint density at radius 3 is 2.17 bits per heavy atom. The number of nitrogen functional groups attached to an aromatic ring is 1. The van der Waals surface area contributed by atoms with Crippen molar-refractivity contribution in [3.05, 3.63) is 48.2 Å². The van der Waals surface area contributed by atoms with Crippen molar-refractivity contribution in [2.45, 2.75) is 6.92 Å². The molecule has 1 aromatic heterocycles. The smallest absolute Gasteiger partial charge is 0.161 e. The number of rotatable bonds is 4. The number of hydrogen-bond donors (Lipinski definition) is 2. The maximum atomic E-state index is 6.33. The average Bonchev–Trinajstić information content (AvgIpc) is 2.59. The summed E-state index contributed by atoms with van der Waals surface area (Å²) in [5.41, 5.74) is 8.71. The summed E-state index contributed by atoms with van der Waals surface area (Å²) in [4.78, 5) is 4.59. The lowest BCUT2D eigenvalue weighted by molar-refractivity contribution is 0.356. The predicted octanol–water partition coefficient (Wildman–Crippen LogP) is 3.89. The number of pyridine rings is 1. The number of nitrogens with two attached hydrogens (primary N) is 1. The molecule has 0 bridgehead atoms. The summed E-state index contributed by atoms with van der Waals surface area (Å²) in [6.45, 7) is 1.95. The van der Waals surface area contributed by atoms with E-state index in [1.54, 1.807) is 14.2 Å². The van der Waals surface area contributed by atoms with E-state index in [0.29, 0.717) is 23.0 Å². The summed E-state index contributed by atoms with van der Waals surface area (Å²) in [5.74, 6) is 1.93. The van der Waals surface area contributed by atoms with Crippen molar-refractivity contribution in [3.63, 3.8) is 0 Å². The standard InChI is InChI=1S/C18H19N3O2/c1-11-13-9-15(22-2)16(23-3)10-14(13)17(19)18(20-11)21-12-7-5-4-6-8-12/h4-10H,19H2,1-3H3,(H,20,21). The van der Waals surface area contributed by atoms with E-state index in [2.05, 4.69) is 10.3 Å². The number of methoxy groups -OCH3 is 2. The van der Waals surface area contributed by atoms with Gasteiger partial charge in [0.05, 0.1) is 19.9 Å². The Bertz CT molecular complexity index is 848. The van der Waals surface area contributed by atoms with Gasteiger partial charge < -0.3 is 20.5 Å². The van der Waals surface area contributed by atoms with Crippen LogP contribution in [-0.4, -0.2) is 19.2 Å². The van der Waals surface area contributed by atoms with Gasteiger partial charge in [-0.05, 0) is 31.2 Å². The molecule has 23 heavy (non-hydrogen) atoms. The first kappa shape index (κ1) is 15.0. The molecule has 1 heterocycles. The molecule has 0 aliphatic carbocycles. The van der Waals surface area contributed by atoms with Crippen LogP contribution in [-0.2, 0) is 0 Å². The van der Waals surface area contributed by atoms with Crippen molar-refractivity contribution in [1.82, 2.24) is 4.98 Å². The van der Waals surface area contributed by atoms with Gasteiger partial charge in [-0.1, -0.05) is 18.2 Å². The van der Waals surface area contributed by atoms with Gasteiger partial charge in [0.15, 0.2) is 17.3 Å². The van der Waals surface area contributed by atoms with E-state index >= 15 is 0 Å². The highest BCUT2D eigenvalue weighted by molar-refractivity contribution is 6.01. The van der Waals surface area contributed by atoms with E-state index in [0.717, 1.165) is 22.2 Å². The Morgan fingerprint density at radius 2 is 1.57 bits per heavy atom. The van der Waals surface area contributed by atoms with E-state index in [1.165, 1.54) is 0 Å². The third kappa shape index (κ3) is 2.73. The minimum atomic E-state index is 0.579. The molecule has 0 aliphatic heterocycles. The van der Waals surface area contributed by atoms with Crippen molar-refractivity contribution in [2.24, 2.45) is 0 Å². The van der Waals surface area contributed by atoms with Crippen molar-refractivity contribution in [3.8, 4) is 11.5 Å². The zero-order valence-electron chi connectivity index (χ0n) is 13.4. The van der Waals surface area contributed by atoms with Gasteiger partial charge in [0.25, 0.3) is 0 Å². The molecule has 0 aliphatic rings. The molecule has 2 aromatic carbocycles. The van der Waals surface area contributed by atoms with Gasteiger partial charge in [-0.2, -0.15) is 0 Å². The molecule has 118 valence electrons. The fourth-order valence-corrected chi connectivity index (χ4v) is 2.57. The largest absolute Gasteiger partial charge is 0.493 e. The number of para-hydroxylation sites is 1. The normalized spacial score (nSPS) is 10.6. The first-order valence-electron chi connectivity index (χ1n) is 7.28. The topological polar surface area (TPSA) is 69.4 Å². The molecule has 3 N–H and O–H groups in total. The van der Waals surface area contributed by atoms with Gasteiger partial charge in [0.2, 0.25) is 0 Å². The summed E-state index contributed by atoms with van der Waals surface area (Å²) < 4.78 is 10.7. The summed E-state index contributed by atoms with van der Waals surface area (Å²) in [6.07, 6.45) is 0. The molecule has 0 atom stereocenters. The van der Waals surface area contributed by atoms with Gasteiger partial charge in [-0.15, -0.1) is 0 Å². The maximum Gasteiger partial charge on any atom is 0.161 e. The van der Waals surface area contributed by atoms with Gasteiger partial charge >= 0.3 is 0 Å². The van der Waals surface area contributed by atoms with E-state index in [1.807, 2.05) is 49.4 Å². The lowest BCUT2D eigenvalue weighted by Crippen LogP contribution is -2.03. The number of aryl methyl sites for hydroxylation is 1. The van der Waals surface area contributed by atoms with Gasteiger partial charge in [-0.3, -0.25) is 0 Å². The molecule has 0 unspecified atom stereocenters. The SMILES string of the molecule is COc1cc2c(C)nc(Nc3ccccc3)c(N)c2cc1OC. The Hall–Kier alpha value is -2.95. The number of hydrogen-bond acceptors (Lipinski definition) is 5. The number of nitrogens with zero attached hydrogens (tertiary/aromatic N) is 1. The number of aromatic nitrogens is 1. The van der Waals surface area contributed by atoms with Gasteiger partial charge in [0, 0.05) is 22.2 Å². The zero-order valence-corrected chi connectivity index (χ0v) is 13.4. The average molecular weight is 309 g/mol. The molecule has 0 radical (unpaired) electrons. The van der Waals surface area contributed by atoms with Gasteiger partial charge in [0.1, 0.15) is 0 Å². The fraction of sp³-hybridized carbons (Fsp3) is 0.167. The van der Waals surface area contributed by atoms with Crippen molar-refractivity contribution in [2.75, 3.05) is 25.3 Å². The minimum Gasteiger partial charge on any atom is -0.493 e. The molecular formula is C18H19N3O2. The van der Waals surface area contributed by atoms with Gasteiger partial charge in [-0.25, -0.2) is 4.98 Å². The zero-order chi connectivity index (χ0) is 16.4. The molecule has 0 spiro atoms. The van der Waals surface area contributed by atoms with Crippen LogP contribution >= 0.6 is 0 Å². The quantitative estimate of drug-likeness (QED) is 0.765. The van der Waals surface area contributed by atoms with Crippen LogP contribution in [0.3, 0.4) is 0 Å². The number of fused-ring (bicyclic) bond motifs is 1. The van der Waals surface area contributed by atoms with Crippen LogP contribution < -0.4 is 20.5 Å². The third-order valence-electron chi connectivity index (χ3n) is 3.77. The summed E-state index contributed by atoms with van der Waals surface area (Å²) in [7, 11) is 3.22. The van der Waals surface area contributed by atoms with E-state index in [-0.39, 0.29) is 0 Å². The van der Waals surface area contributed by atoms with Crippen LogP contribution in [0.5, 0.6) is 11.5 Å². The Balaban J connectivity index is 2.16. The lowest BCUT2D eigenvalue weighted by atomic mass is 10.1. The number of nitrogens with one attached hydrogen (secondary N) is 1. The monoisotopic (exact) mass is 309 g/mol. The number of benzene rings is 2. The molecule has 0 amide bonds. The molecule has 0 fully saturated rings. The van der Waals surface area contributed by atoms with E-state index in [4.69, 9.17) is 15.2 Å². The van der Waals surface area contributed by atoms with Crippen LogP contribution in [0.25, 0.3) is 10.8 Å². The Labute approximate surface area is 135 Å². The Kier molecular flexibility index (Phi) is 3.93. The first-order valence-corrected chi connectivity index (χ1v) is 7.28. The first-order chi connectivity index (χ1) is 11.1. The van der Waals surface area contributed by atoms with Crippen LogP contribution in [0.15, 0.2) is 42.5 Å². The third-order valence-corrected chi connectivity index (χ3v) is 3.77. The number of ether oxygens (including phenoxy) is 2. The molecule has 0 saturated carbocycles. The number of anilines is 3. The highest BCUT2D eigenvalue weighted by Crippen LogP contribution is 2.38.